The van der Waals surface area contributed by atoms with E-state index in [2.05, 4.69) is 20.3 Å². The van der Waals surface area contributed by atoms with Crippen molar-refractivity contribution >= 4 is 17.0 Å². The van der Waals surface area contributed by atoms with Crippen molar-refractivity contribution in [3.05, 3.63) is 47.8 Å². The summed E-state index contributed by atoms with van der Waals surface area (Å²) in [5, 5.41) is 2.86. The fourth-order valence-corrected chi connectivity index (χ4v) is 3.21. The van der Waals surface area contributed by atoms with E-state index in [1.54, 1.807) is 10.6 Å². The fourth-order valence-electron chi connectivity index (χ4n) is 3.21. The SMILES string of the molecule is Fc1nc(NCc2cccc(C(F)(F)F)c2)c2ncn(C3CCCCO3)c2n1. The standard InChI is InChI=1S/C18H17F4N5O/c19-17-25-15(23-9-11-4-3-5-12(8-11)18(20,21)22)14-16(26-17)27(10-24-14)13-6-1-2-7-28-13/h3-5,8,10,13H,1-2,6-7,9H2,(H,23,25,26). The molecule has 2 aromatic heterocycles. The number of ether oxygens (including phenoxy) is 1. The lowest BCUT2D eigenvalue weighted by molar-refractivity contribution is -0.137. The maximum absolute atomic E-state index is 14.0. The van der Waals surface area contributed by atoms with Crippen LogP contribution in [0, 0.1) is 6.08 Å². The van der Waals surface area contributed by atoms with Gasteiger partial charge in [0.05, 0.1) is 11.9 Å². The van der Waals surface area contributed by atoms with Gasteiger partial charge in [0.25, 0.3) is 0 Å². The quantitative estimate of drug-likeness (QED) is 0.527. The van der Waals surface area contributed by atoms with E-state index in [1.165, 1.54) is 12.4 Å². The zero-order valence-electron chi connectivity index (χ0n) is 14.7. The Labute approximate surface area is 157 Å². The molecule has 148 valence electrons. The Kier molecular flexibility index (Phi) is 4.88. The highest BCUT2D eigenvalue weighted by molar-refractivity contribution is 5.82. The Morgan fingerprint density at radius 1 is 1.21 bits per heavy atom. The van der Waals surface area contributed by atoms with E-state index in [9.17, 15) is 17.6 Å². The summed E-state index contributed by atoms with van der Waals surface area (Å²) in [5.41, 5.74) is 0.259. The molecule has 1 saturated heterocycles. The van der Waals surface area contributed by atoms with E-state index >= 15 is 0 Å². The van der Waals surface area contributed by atoms with Gasteiger partial charge in [0.2, 0.25) is 0 Å². The van der Waals surface area contributed by atoms with Crippen LogP contribution in [0.2, 0.25) is 0 Å². The summed E-state index contributed by atoms with van der Waals surface area (Å²) in [5.74, 6) is 0.120. The molecular weight excluding hydrogens is 378 g/mol. The molecule has 0 spiro atoms. The molecule has 6 nitrogen and oxygen atoms in total. The molecule has 4 rings (SSSR count). The number of nitrogens with zero attached hydrogens (tertiary/aromatic N) is 4. The summed E-state index contributed by atoms with van der Waals surface area (Å²) in [6.45, 7) is 0.640. The molecule has 1 N–H and O–H groups in total. The molecule has 1 fully saturated rings. The topological polar surface area (TPSA) is 64.9 Å². The first-order chi connectivity index (χ1) is 13.4. The average Bonchev–Trinajstić information content (AvgIpc) is 3.10. The first kappa shape index (κ1) is 18.6. The van der Waals surface area contributed by atoms with Crippen molar-refractivity contribution < 1.29 is 22.3 Å². The molecule has 3 aromatic rings. The van der Waals surface area contributed by atoms with Gasteiger partial charge in [0.1, 0.15) is 6.23 Å². The van der Waals surface area contributed by atoms with Gasteiger partial charge in [-0.05, 0) is 37.0 Å². The number of anilines is 1. The maximum atomic E-state index is 14.0. The number of halogens is 4. The second kappa shape index (κ2) is 7.34. The predicted molar refractivity (Wildman–Crippen MR) is 92.9 cm³/mol. The van der Waals surface area contributed by atoms with Gasteiger partial charge < -0.3 is 10.1 Å². The van der Waals surface area contributed by atoms with Crippen LogP contribution >= 0.6 is 0 Å². The third-order valence-electron chi connectivity index (χ3n) is 4.57. The van der Waals surface area contributed by atoms with Gasteiger partial charge in [-0.3, -0.25) is 4.57 Å². The lowest BCUT2D eigenvalue weighted by atomic mass is 10.1. The molecule has 1 atom stereocenters. The molecule has 10 heteroatoms. The average molecular weight is 395 g/mol. The largest absolute Gasteiger partial charge is 0.416 e. The van der Waals surface area contributed by atoms with Gasteiger partial charge in [0, 0.05) is 13.2 Å². The number of hydrogen-bond acceptors (Lipinski definition) is 5. The normalized spacial score (nSPS) is 17.8. The highest BCUT2D eigenvalue weighted by Gasteiger charge is 2.30. The minimum absolute atomic E-state index is 0.0300. The second-order valence-corrected chi connectivity index (χ2v) is 6.54. The van der Waals surface area contributed by atoms with E-state index in [1.807, 2.05) is 0 Å². The number of imidazole rings is 1. The third-order valence-corrected chi connectivity index (χ3v) is 4.57. The molecule has 1 unspecified atom stereocenters. The number of fused-ring (bicyclic) bond motifs is 1. The van der Waals surface area contributed by atoms with E-state index < -0.39 is 17.8 Å². The van der Waals surface area contributed by atoms with Crippen molar-refractivity contribution in [2.45, 2.75) is 38.2 Å². The molecule has 0 amide bonds. The molecule has 0 saturated carbocycles. The van der Waals surface area contributed by atoms with Gasteiger partial charge >= 0.3 is 12.3 Å². The molecular formula is C18H17F4N5O. The number of rotatable bonds is 4. The fraction of sp³-hybridized carbons (Fsp3) is 0.389. The highest BCUT2D eigenvalue weighted by Crippen LogP contribution is 2.30. The van der Waals surface area contributed by atoms with Crippen molar-refractivity contribution in [2.75, 3.05) is 11.9 Å². The van der Waals surface area contributed by atoms with Crippen LogP contribution in [-0.2, 0) is 17.5 Å². The van der Waals surface area contributed by atoms with Crippen molar-refractivity contribution in [1.29, 1.82) is 0 Å². The van der Waals surface area contributed by atoms with Crippen molar-refractivity contribution in [3.63, 3.8) is 0 Å². The van der Waals surface area contributed by atoms with E-state index in [0.717, 1.165) is 31.4 Å². The first-order valence-corrected chi connectivity index (χ1v) is 8.83. The number of hydrogen-bond donors (Lipinski definition) is 1. The smallest absolute Gasteiger partial charge is 0.364 e. The zero-order valence-corrected chi connectivity index (χ0v) is 14.7. The van der Waals surface area contributed by atoms with Crippen LogP contribution in [0.15, 0.2) is 30.6 Å². The van der Waals surface area contributed by atoms with Crippen molar-refractivity contribution in [1.82, 2.24) is 19.5 Å². The molecule has 1 aliphatic heterocycles. The number of alkyl halides is 3. The third kappa shape index (κ3) is 3.77. The van der Waals surface area contributed by atoms with Crippen LogP contribution < -0.4 is 5.32 Å². The minimum atomic E-state index is -4.43. The Balaban J connectivity index is 1.60. The summed E-state index contributed by atoms with van der Waals surface area (Å²) in [6, 6.07) is 4.91. The van der Waals surface area contributed by atoms with Crippen LogP contribution in [0.3, 0.4) is 0 Å². The lowest BCUT2D eigenvalue weighted by Crippen LogP contribution is -2.18. The minimum Gasteiger partial charge on any atom is -0.364 e. The molecule has 3 heterocycles. The van der Waals surface area contributed by atoms with Crippen LogP contribution in [-0.4, -0.2) is 26.1 Å². The van der Waals surface area contributed by atoms with Gasteiger partial charge in [0.15, 0.2) is 17.0 Å². The van der Waals surface area contributed by atoms with E-state index in [4.69, 9.17) is 4.74 Å². The van der Waals surface area contributed by atoms with Gasteiger partial charge in [-0.15, -0.1) is 0 Å². The summed E-state index contributed by atoms with van der Waals surface area (Å²) in [4.78, 5) is 11.8. The molecule has 1 aliphatic rings. The number of aromatic nitrogens is 4. The Hall–Kier alpha value is -2.75. The van der Waals surface area contributed by atoms with Gasteiger partial charge in [-0.1, -0.05) is 12.1 Å². The van der Waals surface area contributed by atoms with E-state index in [0.29, 0.717) is 17.7 Å². The van der Waals surface area contributed by atoms with E-state index in [-0.39, 0.29) is 24.2 Å². The Morgan fingerprint density at radius 2 is 2.07 bits per heavy atom. The predicted octanol–water partition coefficient (Wildman–Crippen LogP) is 4.30. The summed E-state index contributed by atoms with van der Waals surface area (Å²) in [6.07, 6.45) is -1.41. The van der Waals surface area contributed by atoms with Crippen molar-refractivity contribution in [2.24, 2.45) is 0 Å². The van der Waals surface area contributed by atoms with Gasteiger partial charge in [-0.25, -0.2) is 4.98 Å². The molecule has 0 aliphatic carbocycles. The van der Waals surface area contributed by atoms with Gasteiger partial charge in [-0.2, -0.15) is 27.5 Å². The van der Waals surface area contributed by atoms with Crippen LogP contribution in [0.25, 0.3) is 11.2 Å². The number of nitrogens with one attached hydrogen (secondary N) is 1. The highest BCUT2D eigenvalue weighted by atomic mass is 19.4. The molecule has 0 radical (unpaired) electrons. The first-order valence-electron chi connectivity index (χ1n) is 8.83. The lowest BCUT2D eigenvalue weighted by Gasteiger charge is -2.23. The second-order valence-electron chi connectivity index (χ2n) is 6.54. The maximum Gasteiger partial charge on any atom is 0.416 e. The summed E-state index contributed by atoms with van der Waals surface area (Å²) in [7, 11) is 0. The van der Waals surface area contributed by atoms with Crippen LogP contribution in [0.5, 0.6) is 0 Å². The Bertz CT molecular complexity index is 982. The molecule has 0 bridgehead atoms. The van der Waals surface area contributed by atoms with Crippen molar-refractivity contribution in [3.8, 4) is 0 Å². The summed E-state index contributed by atoms with van der Waals surface area (Å²) >= 11 is 0. The number of benzene rings is 1. The Morgan fingerprint density at radius 3 is 2.82 bits per heavy atom. The molecule has 28 heavy (non-hydrogen) atoms. The molecule has 1 aromatic carbocycles. The van der Waals surface area contributed by atoms with Crippen LogP contribution in [0.1, 0.15) is 36.6 Å². The van der Waals surface area contributed by atoms with Crippen LogP contribution in [0.4, 0.5) is 23.4 Å². The zero-order chi connectivity index (χ0) is 19.7. The summed E-state index contributed by atoms with van der Waals surface area (Å²) < 4.78 is 59.9. The monoisotopic (exact) mass is 395 g/mol.